The predicted octanol–water partition coefficient (Wildman–Crippen LogP) is 3.09. The van der Waals surface area contributed by atoms with Crippen LogP contribution in [0.25, 0.3) is 5.69 Å². The van der Waals surface area contributed by atoms with Gasteiger partial charge in [0.2, 0.25) is 0 Å². The fourth-order valence-corrected chi connectivity index (χ4v) is 2.05. The van der Waals surface area contributed by atoms with Crippen molar-refractivity contribution < 1.29 is 5.11 Å². The molecule has 4 nitrogen and oxygen atoms in total. The number of aryl methyl sites for hydroxylation is 2. The second kappa shape index (κ2) is 5.20. The van der Waals surface area contributed by atoms with Gasteiger partial charge in [-0.1, -0.05) is 28.1 Å². The SMILES string of the molecule is CCC(O)c1cn(-c2cc(C)c(Br)c(C)c2)nn1. The molecule has 0 spiro atoms. The predicted molar refractivity (Wildman–Crippen MR) is 73.8 cm³/mol. The zero-order valence-corrected chi connectivity index (χ0v) is 12.3. The van der Waals surface area contributed by atoms with E-state index in [0.29, 0.717) is 12.1 Å². The largest absolute Gasteiger partial charge is 0.387 e. The topological polar surface area (TPSA) is 50.9 Å². The van der Waals surface area contributed by atoms with Gasteiger partial charge >= 0.3 is 0 Å². The first kappa shape index (κ1) is 13.2. The molecule has 1 atom stereocenters. The summed E-state index contributed by atoms with van der Waals surface area (Å²) in [5.74, 6) is 0. The number of aliphatic hydroxyl groups is 1. The van der Waals surface area contributed by atoms with Crippen molar-refractivity contribution in [2.45, 2.75) is 33.3 Å². The van der Waals surface area contributed by atoms with Crippen LogP contribution in [0, 0.1) is 13.8 Å². The van der Waals surface area contributed by atoms with Gasteiger partial charge in [0.05, 0.1) is 18.0 Å². The molecule has 0 saturated carbocycles. The molecule has 0 bridgehead atoms. The summed E-state index contributed by atoms with van der Waals surface area (Å²) in [6, 6.07) is 4.07. The van der Waals surface area contributed by atoms with E-state index < -0.39 is 6.10 Å². The summed E-state index contributed by atoms with van der Waals surface area (Å²) in [7, 11) is 0. The molecule has 0 aliphatic heterocycles. The van der Waals surface area contributed by atoms with E-state index in [4.69, 9.17) is 0 Å². The molecule has 2 aromatic rings. The number of aromatic nitrogens is 3. The molecular formula is C13H16BrN3O. The van der Waals surface area contributed by atoms with E-state index in [1.54, 1.807) is 10.9 Å². The zero-order chi connectivity index (χ0) is 13.3. The Morgan fingerprint density at radius 1 is 1.33 bits per heavy atom. The van der Waals surface area contributed by atoms with Gasteiger partial charge in [-0.25, -0.2) is 4.68 Å². The van der Waals surface area contributed by atoms with E-state index in [9.17, 15) is 5.11 Å². The van der Waals surface area contributed by atoms with Crippen molar-refractivity contribution in [1.29, 1.82) is 0 Å². The summed E-state index contributed by atoms with van der Waals surface area (Å²) >= 11 is 3.54. The van der Waals surface area contributed by atoms with Gasteiger partial charge in [-0.2, -0.15) is 0 Å². The Hall–Kier alpha value is -1.20. The second-order valence-corrected chi connectivity index (χ2v) is 5.20. The van der Waals surface area contributed by atoms with Gasteiger partial charge in [0.1, 0.15) is 5.69 Å². The number of rotatable bonds is 3. The summed E-state index contributed by atoms with van der Waals surface area (Å²) in [4.78, 5) is 0. The van der Waals surface area contributed by atoms with Crippen molar-refractivity contribution in [3.05, 3.63) is 39.6 Å². The maximum Gasteiger partial charge on any atom is 0.112 e. The molecule has 0 amide bonds. The van der Waals surface area contributed by atoms with Crippen LogP contribution in [0.3, 0.4) is 0 Å². The highest BCUT2D eigenvalue weighted by Gasteiger charge is 2.11. The molecule has 1 aromatic carbocycles. The molecule has 1 heterocycles. The Kier molecular flexibility index (Phi) is 3.82. The minimum atomic E-state index is -0.545. The average Bonchev–Trinajstić information content (AvgIpc) is 2.84. The molecular weight excluding hydrogens is 294 g/mol. The van der Waals surface area contributed by atoms with Crippen LogP contribution in [0.15, 0.2) is 22.8 Å². The summed E-state index contributed by atoms with van der Waals surface area (Å²) in [5.41, 5.74) is 3.86. The highest BCUT2D eigenvalue weighted by Crippen LogP contribution is 2.24. The molecule has 18 heavy (non-hydrogen) atoms. The maximum absolute atomic E-state index is 9.72. The lowest BCUT2D eigenvalue weighted by Gasteiger charge is -2.07. The van der Waals surface area contributed by atoms with E-state index in [1.165, 1.54) is 0 Å². The number of hydrogen-bond donors (Lipinski definition) is 1. The quantitative estimate of drug-likeness (QED) is 0.948. The maximum atomic E-state index is 9.72. The van der Waals surface area contributed by atoms with Crippen LogP contribution in [0.1, 0.15) is 36.3 Å². The number of benzene rings is 1. The van der Waals surface area contributed by atoms with Crippen molar-refractivity contribution in [2.24, 2.45) is 0 Å². The standard InChI is InChI=1S/C13H16BrN3O/c1-4-12(18)11-7-17(16-15-11)10-5-8(2)13(14)9(3)6-10/h5-7,12,18H,4H2,1-3H3. The third-order valence-electron chi connectivity index (χ3n) is 2.92. The van der Waals surface area contributed by atoms with Crippen LogP contribution >= 0.6 is 15.9 Å². The van der Waals surface area contributed by atoms with Crippen LogP contribution in [0.4, 0.5) is 0 Å². The fourth-order valence-electron chi connectivity index (χ4n) is 1.82. The first-order chi connectivity index (χ1) is 8.52. The van der Waals surface area contributed by atoms with Crippen molar-refractivity contribution in [2.75, 3.05) is 0 Å². The normalized spacial score (nSPS) is 12.7. The van der Waals surface area contributed by atoms with Crippen LogP contribution in [0.5, 0.6) is 0 Å². The highest BCUT2D eigenvalue weighted by molar-refractivity contribution is 9.10. The van der Waals surface area contributed by atoms with Crippen LogP contribution in [-0.2, 0) is 0 Å². The summed E-state index contributed by atoms with van der Waals surface area (Å²) in [6.45, 7) is 6.00. The molecule has 0 aliphatic rings. The summed E-state index contributed by atoms with van der Waals surface area (Å²) < 4.78 is 2.81. The van der Waals surface area contributed by atoms with Gasteiger partial charge in [0.25, 0.3) is 0 Å². The first-order valence-corrected chi connectivity index (χ1v) is 6.69. The molecule has 96 valence electrons. The molecule has 1 N–H and O–H groups in total. The molecule has 0 fully saturated rings. The lowest BCUT2D eigenvalue weighted by molar-refractivity contribution is 0.169. The lowest BCUT2D eigenvalue weighted by Crippen LogP contribution is -1.97. The molecule has 5 heteroatoms. The minimum absolute atomic E-state index is 0.545. The number of halogens is 1. The second-order valence-electron chi connectivity index (χ2n) is 4.41. The molecule has 0 saturated heterocycles. The summed E-state index contributed by atoms with van der Waals surface area (Å²) in [5, 5.41) is 17.8. The van der Waals surface area contributed by atoms with Gasteiger partial charge in [0.15, 0.2) is 0 Å². The van der Waals surface area contributed by atoms with Crippen LogP contribution in [0.2, 0.25) is 0 Å². The van der Waals surface area contributed by atoms with E-state index in [-0.39, 0.29) is 0 Å². The smallest absolute Gasteiger partial charge is 0.112 e. The Balaban J connectivity index is 2.40. The molecule has 1 unspecified atom stereocenters. The van der Waals surface area contributed by atoms with Crippen molar-refractivity contribution in [3.63, 3.8) is 0 Å². The zero-order valence-electron chi connectivity index (χ0n) is 10.7. The minimum Gasteiger partial charge on any atom is -0.387 e. The summed E-state index contributed by atoms with van der Waals surface area (Å²) in [6.07, 6.45) is 1.87. The Morgan fingerprint density at radius 2 is 1.94 bits per heavy atom. The molecule has 0 aliphatic carbocycles. The third kappa shape index (κ3) is 2.47. The Bertz CT molecular complexity index is 542. The number of nitrogens with zero attached hydrogens (tertiary/aromatic N) is 3. The van der Waals surface area contributed by atoms with Gasteiger partial charge in [0, 0.05) is 4.47 Å². The lowest BCUT2D eigenvalue weighted by atomic mass is 10.1. The first-order valence-electron chi connectivity index (χ1n) is 5.90. The van der Waals surface area contributed by atoms with E-state index >= 15 is 0 Å². The average molecular weight is 310 g/mol. The molecule has 2 rings (SSSR count). The molecule has 0 radical (unpaired) electrons. The van der Waals surface area contributed by atoms with Crippen molar-refractivity contribution in [1.82, 2.24) is 15.0 Å². The van der Waals surface area contributed by atoms with Gasteiger partial charge in [-0.05, 0) is 43.5 Å². The Morgan fingerprint density at radius 3 is 2.50 bits per heavy atom. The Labute approximate surface area is 115 Å². The third-order valence-corrected chi connectivity index (χ3v) is 4.18. The number of aliphatic hydroxyl groups excluding tert-OH is 1. The highest BCUT2D eigenvalue weighted by atomic mass is 79.9. The van der Waals surface area contributed by atoms with Crippen LogP contribution in [-0.4, -0.2) is 20.1 Å². The van der Waals surface area contributed by atoms with Crippen LogP contribution < -0.4 is 0 Å². The fraction of sp³-hybridized carbons (Fsp3) is 0.385. The monoisotopic (exact) mass is 309 g/mol. The number of hydrogen-bond acceptors (Lipinski definition) is 3. The van der Waals surface area contributed by atoms with Crippen molar-refractivity contribution >= 4 is 15.9 Å². The van der Waals surface area contributed by atoms with Crippen molar-refractivity contribution in [3.8, 4) is 5.69 Å². The van der Waals surface area contributed by atoms with Gasteiger partial charge in [-0.3, -0.25) is 0 Å². The van der Waals surface area contributed by atoms with Gasteiger partial charge in [-0.15, -0.1) is 5.10 Å². The van der Waals surface area contributed by atoms with Gasteiger partial charge < -0.3 is 5.11 Å². The van der Waals surface area contributed by atoms with E-state index in [1.807, 2.05) is 32.9 Å². The van der Waals surface area contributed by atoms with E-state index in [2.05, 4.69) is 26.2 Å². The molecule has 1 aromatic heterocycles. The van der Waals surface area contributed by atoms with E-state index in [0.717, 1.165) is 21.3 Å².